The van der Waals surface area contributed by atoms with Gasteiger partial charge in [-0.25, -0.2) is 0 Å². The highest BCUT2D eigenvalue weighted by atomic mass is 16.5. The van der Waals surface area contributed by atoms with Crippen LogP contribution >= 0.6 is 0 Å². The van der Waals surface area contributed by atoms with E-state index < -0.39 is 0 Å². The van der Waals surface area contributed by atoms with Gasteiger partial charge in [-0.15, -0.1) is 6.58 Å². The molecule has 0 fully saturated rings. The predicted octanol–water partition coefficient (Wildman–Crippen LogP) is 3.52. The third-order valence-electron chi connectivity index (χ3n) is 2.61. The van der Waals surface area contributed by atoms with Crippen LogP contribution in [0.2, 0.25) is 0 Å². The normalized spacial score (nSPS) is 12.0. The van der Waals surface area contributed by atoms with Crippen molar-refractivity contribution in [3.8, 4) is 0 Å². The number of aldehydes is 1. The zero-order valence-electron chi connectivity index (χ0n) is 10.2. The van der Waals surface area contributed by atoms with Crippen LogP contribution in [0.3, 0.4) is 0 Å². The molecule has 0 N–H and O–H groups in total. The monoisotopic (exact) mass is 232 g/mol. The quantitative estimate of drug-likeness (QED) is 0.370. The minimum Gasteiger partial charge on any atom is -0.366 e. The molecule has 2 heteroatoms. The standard InChI is InChI=1S/C15H20O2/c1-2-3-4-8-11-15(12-16)17-13-14-9-6-5-7-10-14/h2,5-7,9-10,12,15H,1,3-4,8,11,13H2/t15-/m1/s1. The van der Waals surface area contributed by atoms with Crippen LogP contribution in [0.15, 0.2) is 43.0 Å². The van der Waals surface area contributed by atoms with Crippen LogP contribution in [-0.2, 0) is 16.1 Å². The molecular formula is C15H20O2. The Morgan fingerprint density at radius 3 is 2.65 bits per heavy atom. The average Bonchev–Trinajstić information content (AvgIpc) is 2.39. The van der Waals surface area contributed by atoms with Crippen molar-refractivity contribution in [1.82, 2.24) is 0 Å². The van der Waals surface area contributed by atoms with Crippen molar-refractivity contribution < 1.29 is 9.53 Å². The van der Waals surface area contributed by atoms with Crippen molar-refractivity contribution >= 4 is 6.29 Å². The lowest BCUT2D eigenvalue weighted by atomic mass is 10.1. The van der Waals surface area contributed by atoms with E-state index in [-0.39, 0.29) is 6.10 Å². The SMILES string of the molecule is C=CCCCC[C@H](C=O)OCc1ccccc1. The predicted molar refractivity (Wildman–Crippen MR) is 69.7 cm³/mol. The number of unbranched alkanes of at least 4 members (excludes halogenated alkanes) is 2. The average molecular weight is 232 g/mol. The van der Waals surface area contributed by atoms with Crippen molar-refractivity contribution in [3.05, 3.63) is 48.6 Å². The van der Waals surface area contributed by atoms with Crippen molar-refractivity contribution in [1.29, 1.82) is 0 Å². The van der Waals surface area contributed by atoms with Crippen LogP contribution in [0, 0.1) is 0 Å². The van der Waals surface area contributed by atoms with Crippen molar-refractivity contribution in [2.75, 3.05) is 0 Å². The van der Waals surface area contributed by atoms with Gasteiger partial charge >= 0.3 is 0 Å². The zero-order chi connectivity index (χ0) is 12.3. The van der Waals surface area contributed by atoms with E-state index in [9.17, 15) is 4.79 Å². The fourth-order valence-corrected chi connectivity index (χ4v) is 1.60. The highest BCUT2D eigenvalue weighted by Gasteiger charge is 2.07. The van der Waals surface area contributed by atoms with Crippen molar-refractivity contribution in [2.24, 2.45) is 0 Å². The number of carbonyl (C=O) groups is 1. The Morgan fingerprint density at radius 2 is 2.00 bits per heavy atom. The molecule has 2 nitrogen and oxygen atoms in total. The van der Waals surface area contributed by atoms with Gasteiger partial charge in [0.15, 0.2) is 0 Å². The molecule has 0 amide bonds. The Labute approximate surface area is 103 Å². The fourth-order valence-electron chi connectivity index (χ4n) is 1.60. The van der Waals surface area contributed by atoms with Crippen LogP contribution in [0.1, 0.15) is 31.2 Å². The summed E-state index contributed by atoms with van der Waals surface area (Å²) in [5.74, 6) is 0. The molecule has 0 aliphatic rings. The van der Waals surface area contributed by atoms with Crippen LogP contribution in [0.4, 0.5) is 0 Å². The number of carbonyl (C=O) groups excluding carboxylic acids is 1. The summed E-state index contributed by atoms with van der Waals surface area (Å²) in [4.78, 5) is 10.8. The number of rotatable bonds is 9. The highest BCUT2D eigenvalue weighted by Crippen LogP contribution is 2.09. The summed E-state index contributed by atoms with van der Waals surface area (Å²) in [6, 6.07) is 9.91. The van der Waals surface area contributed by atoms with Crippen LogP contribution in [0.25, 0.3) is 0 Å². The van der Waals surface area contributed by atoms with Crippen molar-refractivity contribution in [2.45, 2.75) is 38.4 Å². The van der Waals surface area contributed by atoms with Gasteiger partial charge in [0.2, 0.25) is 0 Å². The molecular weight excluding hydrogens is 212 g/mol. The maximum absolute atomic E-state index is 10.8. The van der Waals surface area contributed by atoms with Gasteiger partial charge in [0.1, 0.15) is 12.4 Å². The second-order valence-corrected chi connectivity index (χ2v) is 4.04. The number of allylic oxidation sites excluding steroid dienone is 1. The van der Waals surface area contributed by atoms with E-state index in [2.05, 4.69) is 6.58 Å². The lowest BCUT2D eigenvalue weighted by molar-refractivity contribution is -0.119. The van der Waals surface area contributed by atoms with E-state index in [1.54, 1.807) is 0 Å². The van der Waals surface area contributed by atoms with Gasteiger partial charge in [0.25, 0.3) is 0 Å². The van der Waals surface area contributed by atoms with Crippen LogP contribution in [-0.4, -0.2) is 12.4 Å². The summed E-state index contributed by atoms with van der Waals surface area (Å²) in [7, 11) is 0. The third kappa shape index (κ3) is 6.03. The fraction of sp³-hybridized carbons (Fsp3) is 0.400. The van der Waals surface area contributed by atoms with Gasteiger partial charge in [-0.1, -0.05) is 42.8 Å². The number of hydrogen-bond donors (Lipinski definition) is 0. The molecule has 17 heavy (non-hydrogen) atoms. The van der Waals surface area contributed by atoms with Gasteiger partial charge < -0.3 is 9.53 Å². The molecule has 0 radical (unpaired) electrons. The molecule has 1 aromatic rings. The molecule has 0 aliphatic heterocycles. The van der Waals surface area contributed by atoms with E-state index in [0.717, 1.165) is 37.5 Å². The number of benzene rings is 1. The first-order chi connectivity index (χ1) is 8.36. The molecule has 0 saturated carbocycles. The molecule has 0 bridgehead atoms. The van der Waals surface area contributed by atoms with Crippen LogP contribution in [0.5, 0.6) is 0 Å². The molecule has 0 aromatic heterocycles. The molecule has 0 heterocycles. The minimum absolute atomic E-state index is 0.278. The first-order valence-electron chi connectivity index (χ1n) is 6.08. The summed E-state index contributed by atoms with van der Waals surface area (Å²) < 4.78 is 5.56. The number of hydrogen-bond acceptors (Lipinski definition) is 2. The largest absolute Gasteiger partial charge is 0.366 e. The lowest BCUT2D eigenvalue weighted by Gasteiger charge is -2.11. The third-order valence-corrected chi connectivity index (χ3v) is 2.61. The second-order valence-electron chi connectivity index (χ2n) is 4.04. The zero-order valence-corrected chi connectivity index (χ0v) is 10.2. The number of ether oxygens (including phenoxy) is 1. The van der Waals surface area contributed by atoms with E-state index >= 15 is 0 Å². The van der Waals surface area contributed by atoms with E-state index in [1.165, 1.54) is 0 Å². The maximum atomic E-state index is 10.8. The Bertz CT molecular complexity index is 319. The summed E-state index contributed by atoms with van der Waals surface area (Å²) >= 11 is 0. The lowest BCUT2D eigenvalue weighted by Crippen LogP contribution is -2.14. The van der Waals surface area contributed by atoms with Crippen LogP contribution < -0.4 is 0 Å². The highest BCUT2D eigenvalue weighted by molar-refractivity contribution is 5.55. The molecule has 1 atom stereocenters. The first-order valence-corrected chi connectivity index (χ1v) is 6.08. The Kier molecular flexibility index (Phi) is 6.99. The maximum Gasteiger partial charge on any atom is 0.148 e. The van der Waals surface area contributed by atoms with Gasteiger partial charge in [-0.2, -0.15) is 0 Å². The summed E-state index contributed by atoms with van der Waals surface area (Å²) in [5.41, 5.74) is 1.10. The molecule has 92 valence electrons. The van der Waals surface area contributed by atoms with E-state index in [1.807, 2.05) is 36.4 Å². The smallest absolute Gasteiger partial charge is 0.148 e. The van der Waals surface area contributed by atoms with E-state index in [0.29, 0.717) is 6.61 Å². The molecule has 0 unspecified atom stereocenters. The summed E-state index contributed by atoms with van der Waals surface area (Å²) in [6.45, 7) is 4.18. The summed E-state index contributed by atoms with van der Waals surface area (Å²) in [6.07, 6.45) is 6.40. The van der Waals surface area contributed by atoms with Gasteiger partial charge in [-0.3, -0.25) is 0 Å². The minimum atomic E-state index is -0.278. The van der Waals surface area contributed by atoms with Gasteiger partial charge in [-0.05, 0) is 24.8 Å². The van der Waals surface area contributed by atoms with E-state index in [4.69, 9.17) is 4.74 Å². The second kappa shape index (κ2) is 8.71. The first kappa shape index (κ1) is 13.7. The topological polar surface area (TPSA) is 26.3 Å². The molecule has 0 spiro atoms. The van der Waals surface area contributed by atoms with Crippen molar-refractivity contribution in [3.63, 3.8) is 0 Å². The Balaban J connectivity index is 2.22. The Hall–Kier alpha value is -1.41. The molecule has 0 aliphatic carbocycles. The Morgan fingerprint density at radius 1 is 1.24 bits per heavy atom. The van der Waals surface area contributed by atoms with Gasteiger partial charge in [0.05, 0.1) is 6.61 Å². The molecule has 1 rings (SSSR count). The summed E-state index contributed by atoms with van der Waals surface area (Å²) in [5, 5.41) is 0. The van der Waals surface area contributed by atoms with Gasteiger partial charge in [0, 0.05) is 0 Å². The molecule has 1 aromatic carbocycles. The molecule has 0 saturated heterocycles.